The zero-order valence-corrected chi connectivity index (χ0v) is 15.1. The molecule has 0 spiro atoms. The number of rotatable bonds is 6. The van der Waals surface area contributed by atoms with Crippen molar-refractivity contribution in [3.8, 4) is 5.75 Å². The van der Waals surface area contributed by atoms with Crippen LogP contribution >= 0.6 is 0 Å². The fourth-order valence-electron chi connectivity index (χ4n) is 2.76. The van der Waals surface area contributed by atoms with Gasteiger partial charge in [-0.15, -0.1) is 0 Å². The number of hydrogen-bond acceptors (Lipinski definition) is 4. The third kappa shape index (κ3) is 4.68. The molecule has 2 N–H and O–H groups in total. The van der Waals surface area contributed by atoms with Gasteiger partial charge < -0.3 is 10.5 Å². The molecule has 1 heterocycles. The standard InChI is InChI=1S/C17H28N2O3S/c1-13(2)12-22-16-4-6-17(7-5-16)23(20,21)19-10-8-15(9-11-19)14(3)18/h4-7,13-15H,8-12,18H2,1-3H3. The maximum absolute atomic E-state index is 12.7. The fourth-order valence-corrected chi connectivity index (χ4v) is 4.23. The van der Waals surface area contributed by atoms with Crippen LogP contribution < -0.4 is 10.5 Å². The summed E-state index contributed by atoms with van der Waals surface area (Å²) in [6.45, 7) is 7.84. The average Bonchev–Trinajstić information content (AvgIpc) is 2.53. The molecule has 0 bridgehead atoms. The molecule has 0 saturated carbocycles. The van der Waals surface area contributed by atoms with Gasteiger partial charge in [-0.3, -0.25) is 0 Å². The molecule has 1 atom stereocenters. The smallest absolute Gasteiger partial charge is 0.243 e. The van der Waals surface area contributed by atoms with Crippen LogP contribution in [0.1, 0.15) is 33.6 Å². The van der Waals surface area contributed by atoms with Gasteiger partial charge >= 0.3 is 0 Å². The van der Waals surface area contributed by atoms with E-state index in [1.165, 1.54) is 0 Å². The van der Waals surface area contributed by atoms with Crippen molar-refractivity contribution in [1.82, 2.24) is 4.31 Å². The summed E-state index contributed by atoms with van der Waals surface area (Å²) in [7, 11) is -3.42. The lowest BCUT2D eigenvalue weighted by molar-refractivity contribution is 0.250. The van der Waals surface area contributed by atoms with E-state index < -0.39 is 10.0 Å². The molecule has 1 aliphatic heterocycles. The molecule has 2 rings (SSSR count). The topological polar surface area (TPSA) is 72.6 Å². The normalized spacial score (nSPS) is 19.0. The van der Waals surface area contributed by atoms with E-state index in [2.05, 4.69) is 13.8 Å². The molecule has 1 unspecified atom stereocenters. The quantitative estimate of drug-likeness (QED) is 0.863. The summed E-state index contributed by atoms with van der Waals surface area (Å²) in [5, 5.41) is 0. The van der Waals surface area contributed by atoms with Gasteiger partial charge in [0, 0.05) is 19.1 Å². The lowest BCUT2D eigenvalue weighted by Gasteiger charge is -2.32. The van der Waals surface area contributed by atoms with E-state index in [0.29, 0.717) is 42.2 Å². The van der Waals surface area contributed by atoms with Crippen LogP contribution in [0.4, 0.5) is 0 Å². The van der Waals surface area contributed by atoms with Crippen molar-refractivity contribution in [2.24, 2.45) is 17.6 Å². The summed E-state index contributed by atoms with van der Waals surface area (Å²) in [4.78, 5) is 0.327. The Kier molecular flexibility index (Phi) is 6.06. The van der Waals surface area contributed by atoms with Crippen LogP contribution in [0.2, 0.25) is 0 Å². The monoisotopic (exact) mass is 340 g/mol. The Labute approximate surface area is 139 Å². The van der Waals surface area contributed by atoms with Crippen molar-refractivity contribution in [2.45, 2.75) is 44.6 Å². The summed E-state index contributed by atoms with van der Waals surface area (Å²) in [5.41, 5.74) is 5.92. The SMILES string of the molecule is CC(C)COc1ccc(S(=O)(=O)N2CCC(C(C)N)CC2)cc1. The Hall–Kier alpha value is -1.11. The highest BCUT2D eigenvalue weighted by Crippen LogP contribution is 2.26. The molecular weight excluding hydrogens is 312 g/mol. The second-order valence-electron chi connectivity index (χ2n) is 6.78. The predicted octanol–water partition coefficient (Wildman–Crippen LogP) is 2.47. The predicted molar refractivity (Wildman–Crippen MR) is 91.9 cm³/mol. The second kappa shape index (κ2) is 7.64. The van der Waals surface area contributed by atoms with Crippen molar-refractivity contribution in [3.63, 3.8) is 0 Å². The van der Waals surface area contributed by atoms with Crippen LogP contribution in [0.15, 0.2) is 29.2 Å². The molecule has 1 fully saturated rings. The molecule has 0 aromatic heterocycles. The maximum Gasteiger partial charge on any atom is 0.243 e. The minimum Gasteiger partial charge on any atom is -0.493 e. The number of nitrogens with zero attached hydrogens (tertiary/aromatic N) is 1. The minimum absolute atomic E-state index is 0.122. The van der Waals surface area contributed by atoms with Crippen LogP contribution in [0.3, 0.4) is 0 Å². The van der Waals surface area contributed by atoms with Crippen molar-refractivity contribution in [3.05, 3.63) is 24.3 Å². The molecule has 1 aromatic carbocycles. The third-order valence-corrected chi connectivity index (χ3v) is 6.20. The average molecular weight is 340 g/mol. The summed E-state index contributed by atoms with van der Waals surface area (Å²) < 4.78 is 32.6. The van der Waals surface area contributed by atoms with Crippen LogP contribution in [-0.4, -0.2) is 38.5 Å². The molecule has 0 aliphatic carbocycles. The first kappa shape index (κ1) is 18.2. The highest BCUT2D eigenvalue weighted by Gasteiger charge is 2.30. The number of piperidine rings is 1. The van der Waals surface area contributed by atoms with Gasteiger partial charge in [0.05, 0.1) is 11.5 Å². The summed E-state index contributed by atoms with van der Waals surface area (Å²) in [5.74, 6) is 1.55. The summed E-state index contributed by atoms with van der Waals surface area (Å²) in [6, 6.07) is 6.83. The summed E-state index contributed by atoms with van der Waals surface area (Å²) >= 11 is 0. The third-order valence-electron chi connectivity index (χ3n) is 4.29. The molecule has 5 nitrogen and oxygen atoms in total. The van der Waals surface area contributed by atoms with Crippen molar-refractivity contribution in [1.29, 1.82) is 0 Å². The van der Waals surface area contributed by atoms with Crippen LogP contribution in [0.5, 0.6) is 5.75 Å². The zero-order valence-electron chi connectivity index (χ0n) is 14.2. The van der Waals surface area contributed by atoms with E-state index in [0.717, 1.165) is 12.8 Å². The number of hydrogen-bond donors (Lipinski definition) is 1. The summed E-state index contributed by atoms with van der Waals surface area (Å²) in [6.07, 6.45) is 1.65. The Morgan fingerprint density at radius 2 is 1.74 bits per heavy atom. The van der Waals surface area contributed by atoms with Gasteiger partial charge in [-0.05, 0) is 55.9 Å². The maximum atomic E-state index is 12.7. The number of nitrogens with two attached hydrogens (primary N) is 1. The van der Waals surface area contributed by atoms with Gasteiger partial charge in [-0.2, -0.15) is 4.31 Å². The molecule has 1 aliphatic rings. The van der Waals surface area contributed by atoms with Crippen molar-refractivity contribution < 1.29 is 13.2 Å². The largest absolute Gasteiger partial charge is 0.493 e. The van der Waals surface area contributed by atoms with Crippen LogP contribution in [0, 0.1) is 11.8 Å². The van der Waals surface area contributed by atoms with Gasteiger partial charge in [0.2, 0.25) is 10.0 Å². The van der Waals surface area contributed by atoms with E-state index in [-0.39, 0.29) is 6.04 Å². The van der Waals surface area contributed by atoms with E-state index in [1.54, 1.807) is 28.6 Å². The molecule has 1 saturated heterocycles. The van der Waals surface area contributed by atoms with Gasteiger partial charge in [-0.1, -0.05) is 13.8 Å². The van der Waals surface area contributed by atoms with E-state index in [9.17, 15) is 8.42 Å². The Balaban J connectivity index is 2.02. The van der Waals surface area contributed by atoms with Crippen molar-refractivity contribution >= 4 is 10.0 Å². The van der Waals surface area contributed by atoms with Gasteiger partial charge in [-0.25, -0.2) is 8.42 Å². The van der Waals surface area contributed by atoms with Crippen LogP contribution in [-0.2, 0) is 10.0 Å². The first-order valence-electron chi connectivity index (χ1n) is 8.29. The lowest BCUT2D eigenvalue weighted by Crippen LogP contribution is -2.42. The molecule has 6 heteroatoms. The molecule has 1 aromatic rings. The Bertz CT molecular complexity index is 589. The minimum atomic E-state index is -3.42. The molecule has 0 amide bonds. The highest BCUT2D eigenvalue weighted by atomic mass is 32.2. The molecule has 130 valence electrons. The van der Waals surface area contributed by atoms with E-state index in [1.807, 2.05) is 6.92 Å². The van der Waals surface area contributed by atoms with E-state index in [4.69, 9.17) is 10.5 Å². The molecule has 0 radical (unpaired) electrons. The van der Waals surface area contributed by atoms with Crippen LogP contribution in [0.25, 0.3) is 0 Å². The van der Waals surface area contributed by atoms with Gasteiger partial charge in [0.25, 0.3) is 0 Å². The van der Waals surface area contributed by atoms with Gasteiger partial charge in [0.1, 0.15) is 5.75 Å². The lowest BCUT2D eigenvalue weighted by atomic mass is 9.92. The highest BCUT2D eigenvalue weighted by molar-refractivity contribution is 7.89. The number of ether oxygens (including phenoxy) is 1. The molecule has 23 heavy (non-hydrogen) atoms. The van der Waals surface area contributed by atoms with Crippen molar-refractivity contribution in [2.75, 3.05) is 19.7 Å². The number of benzene rings is 1. The first-order valence-corrected chi connectivity index (χ1v) is 9.73. The van der Waals surface area contributed by atoms with E-state index >= 15 is 0 Å². The fraction of sp³-hybridized carbons (Fsp3) is 0.647. The molecular formula is C17H28N2O3S. The zero-order chi connectivity index (χ0) is 17.0. The Morgan fingerprint density at radius 1 is 1.17 bits per heavy atom. The first-order chi connectivity index (χ1) is 10.8. The second-order valence-corrected chi connectivity index (χ2v) is 8.71. The van der Waals surface area contributed by atoms with Gasteiger partial charge in [0.15, 0.2) is 0 Å². The number of sulfonamides is 1. The Morgan fingerprint density at radius 3 is 2.22 bits per heavy atom.